The molecule has 0 N–H and O–H groups in total. The van der Waals surface area contributed by atoms with Crippen LogP contribution in [-0.2, 0) is 6.54 Å². The lowest BCUT2D eigenvalue weighted by Crippen LogP contribution is -2.38. The number of nitrogens with zero attached hydrogens (tertiary/aromatic N) is 3. The maximum Gasteiger partial charge on any atom is 0.241 e. The summed E-state index contributed by atoms with van der Waals surface area (Å²) in [5.74, 6) is 2.28. The minimum Gasteiger partial charge on any atom is -0.338 e. The number of halogens is 1. The molecule has 1 fully saturated rings. The van der Waals surface area contributed by atoms with Crippen LogP contribution in [-0.4, -0.2) is 28.1 Å². The lowest BCUT2D eigenvalue weighted by molar-refractivity contribution is 0.121. The molecule has 0 amide bonds. The number of benzene rings is 1. The second-order valence-electron chi connectivity index (χ2n) is 6.16. The van der Waals surface area contributed by atoms with Crippen LogP contribution in [0.3, 0.4) is 0 Å². The van der Waals surface area contributed by atoms with Crippen molar-refractivity contribution in [2.24, 2.45) is 11.8 Å². The monoisotopic (exact) mass is 289 g/mol. The Balaban J connectivity index is 1.69. The fourth-order valence-electron chi connectivity index (χ4n) is 3.15. The largest absolute Gasteiger partial charge is 0.338 e. The predicted molar refractivity (Wildman–Crippen MR) is 77.9 cm³/mol. The van der Waals surface area contributed by atoms with E-state index in [0.29, 0.717) is 30.1 Å². The van der Waals surface area contributed by atoms with Crippen molar-refractivity contribution in [2.45, 2.75) is 26.8 Å². The highest BCUT2D eigenvalue weighted by Gasteiger charge is 2.23. The molecule has 1 aliphatic rings. The predicted octanol–water partition coefficient (Wildman–Crippen LogP) is 3.35. The third kappa shape index (κ3) is 3.47. The molecular weight excluding hydrogens is 269 g/mol. The first-order valence-corrected chi connectivity index (χ1v) is 7.41. The topological polar surface area (TPSA) is 42.2 Å². The lowest BCUT2D eigenvalue weighted by Gasteiger charge is -2.33. The van der Waals surface area contributed by atoms with Gasteiger partial charge in [0.2, 0.25) is 11.7 Å². The summed E-state index contributed by atoms with van der Waals surface area (Å²) in [5.41, 5.74) is 0.770. The zero-order valence-electron chi connectivity index (χ0n) is 12.4. The number of hydrogen-bond acceptors (Lipinski definition) is 4. The summed E-state index contributed by atoms with van der Waals surface area (Å²) in [6.07, 6.45) is 1.28. The first-order valence-electron chi connectivity index (χ1n) is 7.41. The van der Waals surface area contributed by atoms with Gasteiger partial charge < -0.3 is 4.52 Å². The number of hydrogen-bond donors (Lipinski definition) is 0. The molecule has 1 saturated heterocycles. The van der Waals surface area contributed by atoms with E-state index in [4.69, 9.17) is 4.52 Å². The molecule has 0 aliphatic carbocycles. The molecule has 2 atom stereocenters. The maximum absolute atomic E-state index is 12.9. The van der Waals surface area contributed by atoms with Crippen LogP contribution < -0.4 is 0 Å². The van der Waals surface area contributed by atoms with Crippen molar-refractivity contribution in [3.8, 4) is 11.4 Å². The van der Waals surface area contributed by atoms with E-state index in [1.54, 1.807) is 12.1 Å². The van der Waals surface area contributed by atoms with Gasteiger partial charge in [0.1, 0.15) is 5.82 Å². The van der Waals surface area contributed by atoms with E-state index >= 15 is 0 Å². The highest BCUT2D eigenvalue weighted by molar-refractivity contribution is 5.53. The summed E-state index contributed by atoms with van der Waals surface area (Å²) in [4.78, 5) is 6.77. The van der Waals surface area contributed by atoms with Crippen LogP contribution in [0, 0.1) is 17.7 Å². The Morgan fingerprint density at radius 2 is 1.86 bits per heavy atom. The van der Waals surface area contributed by atoms with Gasteiger partial charge in [0.15, 0.2) is 0 Å². The van der Waals surface area contributed by atoms with Crippen LogP contribution in [0.15, 0.2) is 28.8 Å². The van der Waals surface area contributed by atoms with Crippen molar-refractivity contribution >= 4 is 0 Å². The number of likely N-dealkylation sites (tertiary alicyclic amines) is 1. The summed E-state index contributed by atoms with van der Waals surface area (Å²) >= 11 is 0. The minimum atomic E-state index is -0.265. The quantitative estimate of drug-likeness (QED) is 0.869. The fraction of sp³-hybridized carbons (Fsp3) is 0.500. The van der Waals surface area contributed by atoms with Crippen LogP contribution >= 0.6 is 0 Å². The smallest absolute Gasteiger partial charge is 0.241 e. The van der Waals surface area contributed by atoms with Gasteiger partial charge in [-0.25, -0.2) is 4.39 Å². The number of piperidine rings is 1. The van der Waals surface area contributed by atoms with E-state index in [2.05, 4.69) is 28.9 Å². The third-order valence-electron chi connectivity index (χ3n) is 3.87. The Morgan fingerprint density at radius 3 is 2.52 bits per heavy atom. The lowest BCUT2D eigenvalue weighted by atomic mass is 9.92. The second kappa shape index (κ2) is 5.93. The molecule has 0 bridgehead atoms. The molecule has 2 heterocycles. The Hall–Kier alpha value is -1.75. The van der Waals surface area contributed by atoms with Crippen LogP contribution in [0.1, 0.15) is 26.2 Å². The van der Waals surface area contributed by atoms with Crippen molar-refractivity contribution in [1.82, 2.24) is 15.0 Å². The molecule has 0 spiro atoms. The van der Waals surface area contributed by atoms with E-state index in [0.717, 1.165) is 18.7 Å². The number of aromatic nitrogens is 2. The molecular formula is C16H20FN3O. The Morgan fingerprint density at radius 1 is 1.19 bits per heavy atom. The third-order valence-corrected chi connectivity index (χ3v) is 3.87. The minimum absolute atomic E-state index is 0.265. The van der Waals surface area contributed by atoms with Gasteiger partial charge in [0.25, 0.3) is 0 Å². The van der Waals surface area contributed by atoms with Crippen molar-refractivity contribution in [3.63, 3.8) is 0 Å². The molecule has 3 rings (SSSR count). The van der Waals surface area contributed by atoms with E-state index in [1.165, 1.54) is 18.6 Å². The van der Waals surface area contributed by atoms with Gasteiger partial charge in [0, 0.05) is 18.7 Å². The molecule has 4 nitrogen and oxygen atoms in total. The summed E-state index contributed by atoms with van der Waals surface area (Å²) in [6, 6.07) is 6.13. The first-order chi connectivity index (χ1) is 10.1. The van der Waals surface area contributed by atoms with E-state index < -0.39 is 0 Å². The normalized spacial score (nSPS) is 23.4. The highest BCUT2D eigenvalue weighted by atomic mass is 19.1. The zero-order valence-corrected chi connectivity index (χ0v) is 12.4. The van der Waals surface area contributed by atoms with Gasteiger partial charge in [-0.15, -0.1) is 0 Å². The summed E-state index contributed by atoms with van der Waals surface area (Å²) in [5, 5.41) is 3.98. The Bertz CT molecular complexity index is 586. The molecule has 1 aromatic carbocycles. The first kappa shape index (κ1) is 14.2. The van der Waals surface area contributed by atoms with E-state index in [-0.39, 0.29) is 5.82 Å². The summed E-state index contributed by atoms with van der Waals surface area (Å²) in [7, 11) is 0. The average molecular weight is 289 g/mol. The second-order valence-corrected chi connectivity index (χ2v) is 6.16. The summed E-state index contributed by atoms with van der Waals surface area (Å²) in [6.45, 7) is 7.38. The average Bonchev–Trinajstić information content (AvgIpc) is 2.87. The molecule has 1 aromatic heterocycles. The van der Waals surface area contributed by atoms with Gasteiger partial charge in [-0.3, -0.25) is 4.90 Å². The maximum atomic E-state index is 12.9. The zero-order chi connectivity index (χ0) is 14.8. The number of rotatable bonds is 3. The van der Waals surface area contributed by atoms with Crippen LogP contribution in [0.5, 0.6) is 0 Å². The highest BCUT2D eigenvalue weighted by Crippen LogP contribution is 2.23. The Kier molecular flexibility index (Phi) is 4.01. The van der Waals surface area contributed by atoms with Crippen molar-refractivity contribution in [2.75, 3.05) is 13.1 Å². The molecule has 5 heteroatoms. The molecule has 0 saturated carbocycles. The molecule has 1 aliphatic heterocycles. The van der Waals surface area contributed by atoms with E-state index in [9.17, 15) is 4.39 Å². The van der Waals surface area contributed by atoms with Crippen LogP contribution in [0.25, 0.3) is 11.4 Å². The molecule has 21 heavy (non-hydrogen) atoms. The van der Waals surface area contributed by atoms with Gasteiger partial charge >= 0.3 is 0 Å². The van der Waals surface area contributed by atoms with Gasteiger partial charge in [-0.2, -0.15) is 4.98 Å². The van der Waals surface area contributed by atoms with Gasteiger partial charge in [-0.05, 0) is 42.5 Å². The van der Waals surface area contributed by atoms with Gasteiger partial charge in [0.05, 0.1) is 6.54 Å². The molecule has 0 radical (unpaired) electrons. The van der Waals surface area contributed by atoms with Crippen molar-refractivity contribution in [1.29, 1.82) is 0 Å². The van der Waals surface area contributed by atoms with Gasteiger partial charge in [-0.1, -0.05) is 19.0 Å². The molecule has 2 aromatic rings. The van der Waals surface area contributed by atoms with Crippen LogP contribution in [0.4, 0.5) is 4.39 Å². The molecule has 2 unspecified atom stereocenters. The van der Waals surface area contributed by atoms with Crippen LogP contribution in [0.2, 0.25) is 0 Å². The van der Waals surface area contributed by atoms with Crippen molar-refractivity contribution in [3.05, 3.63) is 36.0 Å². The summed E-state index contributed by atoms with van der Waals surface area (Å²) < 4.78 is 18.2. The van der Waals surface area contributed by atoms with E-state index in [1.807, 2.05) is 0 Å². The standard InChI is InChI=1S/C16H20FN3O/c1-11-7-12(2)9-20(8-11)10-15-18-16(19-21-15)13-3-5-14(17)6-4-13/h3-6,11-12H,7-10H2,1-2H3. The molecule has 112 valence electrons. The van der Waals surface area contributed by atoms with Crippen molar-refractivity contribution < 1.29 is 8.91 Å². The SMILES string of the molecule is CC1CC(C)CN(Cc2nc(-c3ccc(F)cc3)no2)C1. The Labute approximate surface area is 124 Å². The fourth-order valence-corrected chi connectivity index (χ4v) is 3.15.